The van der Waals surface area contributed by atoms with Gasteiger partial charge in [0.15, 0.2) is 0 Å². The second-order valence-corrected chi connectivity index (χ2v) is 7.58. The van der Waals surface area contributed by atoms with E-state index in [1.165, 1.54) is 5.56 Å². The molecule has 0 unspecified atom stereocenters. The van der Waals surface area contributed by atoms with Crippen molar-refractivity contribution in [2.45, 2.75) is 25.1 Å². The number of nitrogens with zero attached hydrogens (tertiary/aromatic N) is 2. The molecule has 0 spiro atoms. The molecule has 28 heavy (non-hydrogen) atoms. The van der Waals surface area contributed by atoms with Gasteiger partial charge in [-0.05, 0) is 30.2 Å². The zero-order valence-corrected chi connectivity index (χ0v) is 16.3. The third-order valence-corrected chi connectivity index (χ3v) is 5.67. The van der Waals surface area contributed by atoms with Crippen molar-refractivity contribution in [3.8, 4) is 11.8 Å². The van der Waals surface area contributed by atoms with E-state index in [1.807, 2.05) is 36.4 Å². The molecule has 2 heterocycles. The second kappa shape index (κ2) is 9.36. The van der Waals surface area contributed by atoms with E-state index in [0.717, 1.165) is 56.9 Å². The highest BCUT2D eigenvalue weighted by Crippen LogP contribution is 2.21. The van der Waals surface area contributed by atoms with Gasteiger partial charge in [-0.25, -0.2) is 0 Å². The lowest BCUT2D eigenvalue weighted by molar-refractivity contribution is -0.0534. The summed E-state index contributed by atoms with van der Waals surface area (Å²) in [4.78, 5) is 4.75. The smallest absolute Gasteiger partial charge is 0.0822 e. The maximum atomic E-state index is 10.7. The predicted octanol–water partition coefficient (Wildman–Crippen LogP) is 2.35. The van der Waals surface area contributed by atoms with Gasteiger partial charge in [0.25, 0.3) is 0 Å². The molecule has 1 N–H and O–H groups in total. The maximum Gasteiger partial charge on any atom is 0.0822 e. The van der Waals surface area contributed by atoms with Crippen LogP contribution in [0.4, 0.5) is 0 Å². The van der Waals surface area contributed by atoms with Crippen LogP contribution in [-0.4, -0.2) is 66.4 Å². The molecular formula is C24H28N2O2. The van der Waals surface area contributed by atoms with E-state index in [9.17, 15) is 5.11 Å². The van der Waals surface area contributed by atoms with Crippen molar-refractivity contribution in [1.82, 2.24) is 9.80 Å². The number of morpholine rings is 1. The first-order valence-electron chi connectivity index (χ1n) is 10.2. The molecule has 2 aromatic carbocycles. The fourth-order valence-electron chi connectivity index (χ4n) is 4.15. The minimum atomic E-state index is -0.311. The van der Waals surface area contributed by atoms with Crippen molar-refractivity contribution in [2.75, 3.05) is 39.4 Å². The summed E-state index contributed by atoms with van der Waals surface area (Å²) < 4.78 is 5.45. The fraction of sp³-hybridized carbons (Fsp3) is 0.417. The summed E-state index contributed by atoms with van der Waals surface area (Å²) in [6, 6.07) is 18.7. The van der Waals surface area contributed by atoms with Crippen LogP contribution in [0.5, 0.6) is 0 Å². The first-order valence-corrected chi connectivity index (χ1v) is 10.2. The van der Waals surface area contributed by atoms with Crippen LogP contribution in [0.2, 0.25) is 0 Å². The normalized spacial score (nSPS) is 23.8. The quantitative estimate of drug-likeness (QED) is 0.835. The fourth-order valence-corrected chi connectivity index (χ4v) is 4.15. The monoisotopic (exact) mass is 376 g/mol. The molecule has 2 saturated heterocycles. The third-order valence-electron chi connectivity index (χ3n) is 5.67. The van der Waals surface area contributed by atoms with E-state index in [0.29, 0.717) is 6.54 Å². The zero-order chi connectivity index (χ0) is 19.2. The molecule has 0 amide bonds. The van der Waals surface area contributed by atoms with E-state index in [-0.39, 0.29) is 12.1 Å². The molecule has 0 aliphatic carbocycles. The topological polar surface area (TPSA) is 35.9 Å². The number of piperidine rings is 1. The van der Waals surface area contributed by atoms with E-state index in [1.54, 1.807) is 0 Å². The number of aliphatic hydroxyl groups excluding tert-OH is 1. The SMILES string of the molecule is O[C@@H]1CN(Cc2ccccc2C#Cc2ccccc2)CC[C@H]1N1CCOCC1. The summed E-state index contributed by atoms with van der Waals surface area (Å²) in [5.74, 6) is 6.59. The number of hydrogen-bond donors (Lipinski definition) is 1. The number of hydrogen-bond acceptors (Lipinski definition) is 4. The summed E-state index contributed by atoms with van der Waals surface area (Å²) in [7, 11) is 0. The van der Waals surface area contributed by atoms with E-state index >= 15 is 0 Å². The number of aliphatic hydroxyl groups is 1. The molecule has 2 aromatic rings. The molecular weight excluding hydrogens is 348 g/mol. The molecule has 4 rings (SSSR count). The van der Waals surface area contributed by atoms with Gasteiger partial charge >= 0.3 is 0 Å². The number of β-amino-alcohol motifs (C(OH)–C–C–N with tert-alkyl or cyclic N) is 1. The lowest BCUT2D eigenvalue weighted by Gasteiger charge is -2.43. The highest BCUT2D eigenvalue weighted by Gasteiger charge is 2.32. The minimum absolute atomic E-state index is 0.258. The Labute approximate surface area is 167 Å². The molecule has 2 atom stereocenters. The number of benzene rings is 2. The Bertz CT molecular complexity index is 821. The number of ether oxygens (including phenoxy) is 1. The first-order chi connectivity index (χ1) is 13.8. The van der Waals surface area contributed by atoms with Gasteiger partial charge in [0.1, 0.15) is 0 Å². The molecule has 0 radical (unpaired) electrons. The lowest BCUT2D eigenvalue weighted by Crippen LogP contribution is -2.56. The van der Waals surface area contributed by atoms with Crippen molar-refractivity contribution >= 4 is 0 Å². The zero-order valence-electron chi connectivity index (χ0n) is 16.3. The van der Waals surface area contributed by atoms with Gasteiger partial charge in [0.05, 0.1) is 19.3 Å². The Hall–Kier alpha value is -2.16. The lowest BCUT2D eigenvalue weighted by atomic mass is 9.98. The van der Waals surface area contributed by atoms with E-state index in [2.05, 4.69) is 39.8 Å². The molecule has 146 valence electrons. The highest BCUT2D eigenvalue weighted by atomic mass is 16.5. The van der Waals surface area contributed by atoms with Crippen molar-refractivity contribution < 1.29 is 9.84 Å². The van der Waals surface area contributed by atoms with Crippen molar-refractivity contribution in [2.24, 2.45) is 0 Å². The summed E-state index contributed by atoms with van der Waals surface area (Å²) >= 11 is 0. The van der Waals surface area contributed by atoms with Crippen LogP contribution in [0.1, 0.15) is 23.1 Å². The summed E-state index contributed by atoms with van der Waals surface area (Å²) in [5, 5.41) is 10.7. The standard InChI is InChI=1S/C24H28N2O2/c27-24-19-25(13-12-23(24)26-14-16-28-17-15-26)18-22-9-5-4-8-21(22)11-10-20-6-2-1-3-7-20/h1-9,23-24,27H,12-19H2/t23-,24-/m1/s1. The van der Waals surface area contributed by atoms with Crippen LogP contribution >= 0.6 is 0 Å². The largest absolute Gasteiger partial charge is 0.390 e. The Balaban J connectivity index is 1.41. The van der Waals surface area contributed by atoms with Gasteiger partial charge in [-0.3, -0.25) is 9.80 Å². The molecule has 0 saturated carbocycles. The molecule has 2 fully saturated rings. The molecule has 0 aromatic heterocycles. The Morgan fingerprint density at radius 3 is 2.46 bits per heavy atom. The predicted molar refractivity (Wildman–Crippen MR) is 111 cm³/mol. The van der Waals surface area contributed by atoms with Gasteiger partial charge < -0.3 is 9.84 Å². The van der Waals surface area contributed by atoms with Crippen LogP contribution in [0.3, 0.4) is 0 Å². The van der Waals surface area contributed by atoms with Crippen LogP contribution in [0, 0.1) is 11.8 Å². The van der Waals surface area contributed by atoms with Crippen LogP contribution in [-0.2, 0) is 11.3 Å². The first kappa shape index (κ1) is 19.2. The van der Waals surface area contributed by atoms with Gasteiger partial charge in [0, 0.05) is 49.9 Å². The Kier molecular flexibility index (Phi) is 6.41. The maximum absolute atomic E-state index is 10.7. The second-order valence-electron chi connectivity index (χ2n) is 7.58. The van der Waals surface area contributed by atoms with Crippen molar-refractivity contribution in [1.29, 1.82) is 0 Å². The summed E-state index contributed by atoms with van der Waals surface area (Å²) in [6.45, 7) is 5.95. The van der Waals surface area contributed by atoms with Gasteiger partial charge in [-0.2, -0.15) is 0 Å². The Morgan fingerprint density at radius 1 is 0.929 bits per heavy atom. The summed E-state index contributed by atoms with van der Waals surface area (Å²) in [5.41, 5.74) is 3.32. The minimum Gasteiger partial charge on any atom is -0.390 e. The molecule has 2 aliphatic heterocycles. The highest BCUT2D eigenvalue weighted by molar-refractivity contribution is 5.46. The van der Waals surface area contributed by atoms with E-state index < -0.39 is 0 Å². The Morgan fingerprint density at radius 2 is 1.68 bits per heavy atom. The van der Waals surface area contributed by atoms with Gasteiger partial charge in [0.2, 0.25) is 0 Å². The third kappa shape index (κ3) is 4.81. The number of likely N-dealkylation sites (tertiary alicyclic amines) is 1. The van der Waals surface area contributed by atoms with Gasteiger partial charge in [-0.15, -0.1) is 0 Å². The van der Waals surface area contributed by atoms with Crippen LogP contribution in [0.25, 0.3) is 0 Å². The summed E-state index contributed by atoms with van der Waals surface area (Å²) in [6.07, 6.45) is 0.688. The van der Waals surface area contributed by atoms with Crippen LogP contribution < -0.4 is 0 Å². The van der Waals surface area contributed by atoms with E-state index in [4.69, 9.17) is 4.74 Å². The average Bonchev–Trinajstić information content (AvgIpc) is 2.75. The molecule has 4 heteroatoms. The van der Waals surface area contributed by atoms with Crippen molar-refractivity contribution in [3.05, 3.63) is 71.3 Å². The van der Waals surface area contributed by atoms with Crippen LogP contribution in [0.15, 0.2) is 54.6 Å². The molecule has 0 bridgehead atoms. The average molecular weight is 377 g/mol. The number of rotatable bonds is 3. The van der Waals surface area contributed by atoms with Crippen molar-refractivity contribution in [3.63, 3.8) is 0 Å². The molecule has 2 aliphatic rings. The van der Waals surface area contributed by atoms with Gasteiger partial charge in [-0.1, -0.05) is 48.2 Å². The molecule has 4 nitrogen and oxygen atoms in total.